The van der Waals surface area contributed by atoms with Crippen molar-refractivity contribution in [1.82, 2.24) is 0 Å². The monoisotopic (exact) mass is 511 g/mol. The van der Waals surface area contributed by atoms with Gasteiger partial charge < -0.3 is 14.5 Å². The van der Waals surface area contributed by atoms with Crippen LogP contribution in [0.15, 0.2) is 72.8 Å². The van der Waals surface area contributed by atoms with E-state index in [0.717, 1.165) is 65.7 Å². The molecule has 0 aliphatic heterocycles. The molecule has 198 valence electrons. The van der Waals surface area contributed by atoms with Crippen molar-refractivity contribution in [2.24, 2.45) is 11.3 Å². The number of amides is 1. The van der Waals surface area contributed by atoms with Gasteiger partial charge in [-0.15, -0.1) is 0 Å². The first kappa shape index (κ1) is 24.7. The van der Waals surface area contributed by atoms with Crippen LogP contribution < -0.4 is 9.80 Å². The molecule has 0 spiro atoms. The Kier molecular flexibility index (Phi) is 7.17. The highest BCUT2D eigenvalue weighted by Gasteiger charge is 2.51. The highest BCUT2D eigenvalue weighted by Crippen LogP contribution is 2.55. The molecular formula is C33H38N2O3. The number of hydrogen-bond donors (Lipinski definition) is 0. The summed E-state index contributed by atoms with van der Waals surface area (Å²) in [6.45, 7) is -0.868. The van der Waals surface area contributed by atoms with Crippen LogP contribution in [-0.2, 0) is 27.3 Å². The van der Waals surface area contributed by atoms with E-state index in [-0.39, 0.29) is 23.7 Å². The Labute approximate surface area is 227 Å². The van der Waals surface area contributed by atoms with Gasteiger partial charge in [-0.05, 0) is 91.0 Å². The average molecular weight is 512 g/mol. The van der Waals surface area contributed by atoms with Gasteiger partial charge in [0.25, 0.3) is 0 Å². The normalized spacial score (nSPS) is 21.0. The van der Waals surface area contributed by atoms with Crippen LogP contribution in [0.25, 0.3) is 11.1 Å². The van der Waals surface area contributed by atoms with Crippen molar-refractivity contribution in [1.29, 1.82) is 0 Å². The molecule has 38 heavy (non-hydrogen) atoms. The summed E-state index contributed by atoms with van der Waals surface area (Å²) in [7, 11) is 5.44. The number of esters is 1. The third-order valence-corrected chi connectivity index (χ3v) is 8.35. The molecule has 1 amide bonds. The fourth-order valence-electron chi connectivity index (χ4n) is 6.07. The second-order valence-electron chi connectivity index (χ2n) is 11.0. The molecule has 3 aromatic carbocycles. The molecule has 2 saturated carbocycles. The third kappa shape index (κ3) is 5.47. The minimum Gasteiger partial charge on any atom is -0.469 e. The number of nitrogens with zero attached hydrogens (tertiary/aromatic N) is 2. The van der Waals surface area contributed by atoms with E-state index in [9.17, 15) is 11.0 Å². The van der Waals surface area contributed by atoms with Gasteiger partial charge in [-0.25, -0.2) is 0 Å². The molecule has 1 atom stereocenters. The van der Waals surface area contributed by atoms with Crippen LogP contribution >= 0.6 is 0 Å². The molecule has 3 aromatic rings. The summed E-state index contributed by atoms with van der Waals surface area (Å²) in [6.07, 6.45) is 5.75. The Bertz CT molecular complexity index is 1310. The number of carbonyl (C=O) groups is 2. The summed E-state index contributed by atoms with van der Waals surface area (Å²) in [5.74, 6) is 0.436. The van der Waals surface area contributed by atoms with Gasteiger partial charge in [0.05, 0.1) is 20.4 Å². The van der Waals surface area contributed by atoms with E-state index in [1.165, 1.54) is 7.11 Å². The summed E-state index contributed by atoms with van der Waals surface area (Å²) in [6, 6.07) is 24.2. The van der Waals surface area contributed by atoms with Crippen LogP contribution in [0.3, 0.4) is 0 Å². The van der Waals surface area contributed by atoms with Crippen molar-refractivity contribution in [3.8, 4) is 11.1 Å². The Hall–Kier alpha value is -3.60. The van der Waals surface area contributed by atoms with Crippen molar-refractivity contribution in [2.75, 3.05) is 31.0 Å². The smallest absolute Gasteiger partial charge is 0.305 e. The number of rotatable bonds is 9. The van der Waals surface area contributed by atoms with Crippen LogP contribution in [-0.4, -0.2) is 33.1 Å². The van der Waals surface area contributed by atoms with Gasteiger partial charge in [-0.2, -0.15) is 0 Å². The molecule has 5 rings (SSSR count). The molecule has 0 unspecified atom stereocenters. The molecule has 0 heterocycles. The lowest BCUT2D eigenvalue weighted by molar-refractivity contribution is -0.140. The fraction of sp³-hybridized carbons (Fsp3) is 0.394. The van der Waals surface area contributed by atoms with Gasteiger partial charge in [0, 0.05) is 31.9 Å². The zero-order chi connectivity index (χ0) is 27.6. The maximum Gasteiger partial charge on any atom is 0.305 e. The highest BCUT2D eigenvalue weighted by atomic mass is 16.5. The summed E-state index contributed by atoms with van der Waals surface area (Å²) < 4.78 is 14.1. The van der Waals surface area contributed by atoms with E-state index in [2.05, 4.69) is 29.2 Å². The number of carbonyl (C=O) groups excluding carboxylic acids is 2. The Balaban J connectivity index is 1.44. The molecule has 5 nitrogen and oxygen atoms in total. The van der Waals surface area contributed by atoms with Crippen LogP contribution in [0.4, 0.5) is 11.4 Å². The molecule has 2 aliphatic carbocycles. The van der Waals surface area contributed by atoms with Crippen LogP contribution in [0.1, 0.15) is 51.0 Å². The standard InChI is InChI=1S/C33H38N2O3/c1-34(2)29-14-12-28(13-15-29)27-10-7-26(8-11-27)23-35(32(37)33-19-17-25(22-33)18-20-33)30-6-4-5-24(21-30)9-16-31(36)38-3/h4-8,10-15,21,25H,9,16-20,22-23H2,1-3H3/i23D/t23-,25?,33?/m1/s1. The lowest BCUT2D eigenvalue weighted by Crippen LogP contribution is -2.41. The zero-order valence-corrected chi connectivity index (χ0v) is 22.7. The zero-order valence-electron chi connectivity index (χ0n) is 23.7. The predicted octanol–water partition coefficient (Wildman–Crippen LogP) is 6.64. The van der Waals surface area contributed by atoms with E-state index >= 15 is 0 Å². The highest BCUT2D eigenvalue weighted by molar-refractivity contribution is 5.98. The first-order valence-corrected chi connectivity index (χ1v) is 13.6. The minimum absolute atomic E-state index is 0.0657. The number of methoxy groups -OCH3 is 1. The van der Waals surface area contributed by atoms with Gasteiger partial charge in [-0.3, -0.25) is 9.59 Å². The van der Waals surface area contributed by atoms with E-state index in [4.69, 9.17) is 4.74 Å². The summed E-state index contributed by atoms with van der Waals surface area (Å²) in [5, 5.41) is 0. The number of fused-ring (bicyclic) bond motifs is 2. The predicted molar refractivity (Wildman–Crippen MR) is 153 cm³/mol. The molecule has 5 heteroatoms. The molecular weight excluding hydrogens is 472 g/mol. The third-order valence-electron chi connectivity index (χ3n) is 8.35. The quantitative estimate of drug-likeness (QED) is 0.302. The largest absolute Gasteiger partial charge is 0.469 e. The average Bonchev–Trinajstić information content (AvgIpc) is 3.59. The second kappa shape index (κ2) is 11.0. The molecule has 0 N–H and O–H groups in total. The SMILES string of the molecule is [2H][C@H](c1ccc(-c2ccc(N(C)C)cc2)cc1)N(C(=O)C12CCC(CC1)C2)c1cccc(CCC(=O)OC)c1. The molecule has 0 saturated heterocycles. The Morgan fingerprint density at radius 3 is 2.16 bits per heavy atom. The number of benzene rings is 3. The minimum atomic E-state index is -0.868. The first-order valence-electron chi connectivity index (χ1n) is 14.2. The summed E-state index contributed by atoms with van der Waals surface area (Å²) in [4.78, 5) is 29.8. The number of hydrogen-bond acceptors (Lipinski definition) is 4. The molecule has 0 radical (unpaired) electrons. The lowest BCUT2D eigenvalue weighted by Gasteiger charge is -2.33. The maximum atomic E-state index is 14.3. The van der Waals surface area contributed by atoms with Gasteiger partial charge in [-0.1, -0.05) is 48.5 Å². The van der Waals surface area contributed by atoms with Gasteiger partial charge >= 0.3 is 5.97 Å². The molecule has 0 aromatic heterocycles. The van der Waals surface area contributed by atoms with Gasteiger partial charge in [0.2, 0.25) is 5.91 Å². The van der Waals surface area contributed by atoms with E-state index in [0.29, 0.717) is 12.3 Å². The van der Waals surface area contributed by atoms with E-state index in [1.807, 2.05) is 62.6 Å². The number of aryl methyl sites for hydroxylation is 1. The maximum absolute atomic E-state index is 14.3. The summed E-state index contributed by atoms with van der Waals surface area (Å²) >= 11 is 0. The van der Waals surface area contributed by atoms with Crippen molar-refractivity contribution in [2.45, 2.75) is 51.5 Å². The summed E-state index contributed by atoms with van der Waals surface area (Å²) in [5.41, 5.74) is 5.42. The lowest BCUT2D eigenvalue weighted by atomic mass is 9.82. The van der Waals surface area contributed by atoms with Crippen molar-refractivity contribution in [3.05, 3.63) is 83.9 Å². The topological polar surface area (TPSA) is 49.9 Å². The van der Waals surface area contributed by atoms with Crippen LogP contribution in [0.2, 0.25) is 0 Å². The van der Waals surface area contributed by atoms with Crippen molar-refractivity contribution in [3.63, 3.8) is 0 Å². The number of anilines is 2. The Morgan fingerprint density at radius 2 is 1.58 bits per heavy atom. The van der Waals surface area contributed by atoms with E-state index in [1.54, 1.807) is 4.90 Å². The van der Waals surface area contributed by atoms with Crippen molar-refractivity contribution < 1.29 is 15.7 Å². The molecule has 2 fully saturated rings. The van der Waals surface area contributed by atoms with Crippen LogP contribution in [0.5, 0.6) is 0 Å². The van der Waals surface area contributed by atoms with Gasteiger partial charge in [0.15, 0.2) is 0 Å². The second-order valence-corrected chi connectivity index (χ2v) is 11.0. The van der Waals surface area contributed by atoms with Gasteiger partial charge in [0.1, 0.15) is 0 Å². The van der Waals surface area contributed by atoms with Crippen LogP contribution in [0, 0.1) is 11.3 Å². The van der Waals surface area contributed by atoms with Crippen molar-refractivity contribution >= 4 is 23.3 Å². The Morgan fingerprint density at radius 1 is 0.921 bits per heavy atom. The first-order chi connectivity index (χ1) is 18.8. The van der Waals surface area contributed by atoms with E-state index < -0.39 is 6.52 Å². The molecule has 2 aliphatic rings. The number of ether oxygens (including phenoxy) is 1. The molecule has 2 bridgehead atoms. The fourth-order valence-corrected chi connectivity index (χ4v) is 6.07.